The van der Waals surface area contributed by atoms with Crippen LogP contribution in [0.15, 0.2) is 30.5 Å². The van der Waals surface area contributed by atoms with Gasteiger partial charge < -0.3 is 4.90 Å². The molecule has 13 heavy (non-hydrogen) atoms. The first kappa shape index (κ1) is 8.36. The average Bonchev–Trinajstić information content (AvgIpc) is 2.17. The lowest BCUT2D eigenvalue weighted by Crippen LogP contribution is -2.24. The Bertz CT molecular complexity index is 326. The van der Waals surface area contributed by atoms with E-state index in [2.05, 4.69) is 61.8 Å². The van der Waals surface area contributed by atoms with Crippen molar-refractivity contribution in [2.24, 2.45) is 0 Å². The van der Waals surface area contributed by atoms with Gasteiger partial charge in [0.2, 0.25) is 0 Å². The van der Waals surface area contributed by atoms with Crippen molar-refractivity contribution < 1.29 is 0 Å². The Balaban J connectivity index is 2.29. The summed E-state index contributed by atoms with van der Waals surface area (Å²) in [6, 6.07) is 8.97. The summed E-state index contributed by atoms with van der Waals surface area (Å²) >= 11 is 0. The van der Waals surface area contributed by atoms with Crippen LogP contribution in [0.5, 0.6) is 0 Å². The molecule has 0 fully saturated rings. The first-order chi connectivity index (χ1) is 6.27. The molecular weight excluding hydrogens is 158 g/mol. The largest absolute Gasteiger partial charge is 0.366 e. The monoisotopic (exact) mass is 172 g/mol. The van der Waals surface area contributed by atoms with E-state index in [4.69, 9.17) is 0 Å². The highest BCUT2D eigenvalue weighted by Crippen LogP contribution is 2.21. The second kappa shape index (κ2) is 3.25. The fraction of sp³-hybridized carbons (Fsp3) is 0.250. The Labute approximate surface area is 79.7 Å². The second-order valence-electron chi connectivity index (χ2n) is 3.61. The standard InChI is InChI=1S/C12H14N/c1-10(2)13-8-7-11-5-3-4-6-12(11)9-13/h3-10H,1-2H3. The summed E-state index contributed by atoms with van der Waals surface area (Å²) in [6.07, 6.45) is 4.29. The van der Waals surface area contributed by atoms with E-state index in [-0.39, 0.29) is 0 Å². The summed E-state index contributed by atoms with van der Waals surface area (Å²) in [6.45, 7) is 6.57. The zero-order chi connectivity index (χ0) is 9.26. The molecule has 0 N–H and O–H groups in total. The third-order valence-electron chi connectivity index (χ3n) is 2.31. The molecule has 67 valence electrons. The maximum Gasteiger partial charge on any atom is 0.0791 e. The van der Waals surface area contributed by atoms with Crippen LogP contribution >= 0.6 is 0 Å². The molecule has 0 aromatic heterocycles. The van der Waals surface area contributed by atoms with Gasteiger partial charge in [0.25, 0.3) is 0 Å². The summed E-state index contributed by atoms with van der Waals surface area (Å²) in [4.78, 5) is 2.22. The van der Waals surface area contributed by atoms with Crippen LogP contribution in [-0.4, -0.2) is 10.9 Å². The Hall–Kier alpha value is -1.24. The van der Waals surface area contributed by atoms with E-state index in [1.54, 1.807) is 0 Å². The van der Waals surface area contributed by atoms with Crippen LogP contribution in [0.4, 0.5) is 0 Å². The van der Waals surface area contributed by atoms with Crippen molar-refractivity contribution in [3.63, 3.8) is 0 Å². The van der Waals surface area contributed by atoms with Crippen molar-refractivity contribution in [3.8, 4) is 0 Å². The number of fused-ring (bicyclic) bond motifs is 1. The van der Waals surface area contributed by atoms with Gasteiger partial charge in [0.1, 0.15) is 0 Å². The summed E-state index contributed by atoms with van der Waals surface area (Å²) in [5.41, 5.74) is 2.61. The number of benzene rings is 1. The molecule has 2 rings (SSSR count). The molecule has 0 saturated heterocycles. The summed E-state index contributed by atoms with van der Waals surface area (Å²) in [5.74, 6) is 0. The van der Waals surface area contributed by atoms with Crippen molar-refractivity contribution in [1.82, 2.24) is 4.90 Å². The minimum absolute atomic E-state index is 0.532. The predicted molar refractivity (Wildman–Crippen MR) is 55.9 cm³/mol. The zero-order valence-corrected chi connectivity index (χ0v) is 8.07. The molecule has 1 heterocycles. The molecule has 0 saturated carbocycles. The molecular formula is C12H14N. The van der Waals surface area contributed by atoms with Crippen LogP contribution in [0.3, 0.4) is 0 Å². The second-order valence-corrected chi connectivity index (χ2v) is 3.61. The SMILES string of the molecule is CC(C)N1[CH]c2ccccc2C=C1. The van der Waals surface area contributed by atoms with Gasteiger partial charge in [0.05, 0.1) is 6.54 Å². The van der Waals surface area contributed by atoms with Crippen molar-refractivity contribution in [2.45, 2.75) is 19.9 Å². The quantitative estimate of drug-likeness (QED) is 0.629. The van der Waals surface area contributed by atoms with Crippen LogP contribution in [-0.2, 0) is 0 Å². The van der Waals surface area contributed by atoms with Crippen molar-refractivity contribution in [2.75, 3.05) is 0 Å². The van der Waals surface area contributed by atoms with E-state index in [0.29, 0.717) is 6.04 Å². The Morgan fingerprint density at radius 1 is 1.08 bits per heavy atom. The zero-order valence-electron chi connectivity index (χ0n) is 8.07. The maximum atomic E-state index is 2.22. The lowest BCUT2D eigenvalue weighted by Gasteiger charge is -2.28. The predicted octanol–water partition coefficient (Wildman–Crippen LogP) is 2.89. The van der Waals surface area contributed by atoms with Gasteiger partial charge in [-0.1, -0.05) is 24.3 Å². The molecule has 1 aromatic rings. The van der Waals surface area contributed by atoms with Crippen LogP contribution in [0.25, 0.3) is 6.08 Å². The Morgan fingerprint density at radius 3 is 2.46 bits per heavy atom. The highest BCUT2D eigenvalue weighted by molar-refractivity contribution is 5.58. The molecule has 0 aliphatic carbocycles. The lowest BCUT2D eigenvalue weighted by atomic mass is 10.0. The van der Waals surface area contributed by atoms with E-state index in [1.165, 1.54) is 11.1 Å². The fourth-order valence-electron chi connectivity index (χ4n) is 1.47. The Kier molecular flexibility index (Phi) is 2.09. The number of hydrogen-bond donors (Lipinski definition) is 0. The van der Waals surface area contributed by atoms with Gasteiger partial charge in [-0.2, -0.15) is 0 Å². The van der Waals surface area contributed by atoms with Gasteiger partial charge in [-0.15, -0.1) is 0 Å². The normalized spacial score (nSPS) is 14.8. The van der Waals surface area contributed by atoms with Crippen LogP contribution in [0, 0.1) is 6.54 Å². The molecule has 1 aromatic carbocycles. The maximum absolute atomic E-state index is 2.22. The van der Waals surface area contributed by atoms with Crippen molar-refractivity contribution in [1.29, 1.82) is 0 Å². The molecule has 0 bridgehead atoms. The fourth-order valence-corrected chi connectivity index (χ4v) is 1.47. The molecule has 0 amide bonds. The van der Waals surface area contributed by atoms with E-state index in [1.807, 2.05) is 0 Å². The van der Waals surface area contributed by atoms with E-state index in [9.17, 15) is 0 Å². The topological polar surface area (TPSA) is 3.24 Å². The highest BCUT2D eigenvalue weighted by atomic mass is 15.1. The molecule has 1 nitrogen and oxygen atoms in total. The van der Waals surface area contributed by atoms with E-state index in [0.717, 1.165) is 0 Å². The van der Waals surface area contributed by atoms with Crippen LogP contribution < -0.4 is 0 Å². The van der Waals surface area contributed by atoms with E-state index >= 15 is 0 Å². The molecule has 0 unspecified atom stereocenters. The minimum atomic E-state index is 0.532. The van der Waals surface area contributed by atoms with Gasteiger partial charge >= 0.3 is 0 Å². The van der Waals surface area contributed by atoms with Gasteiger partial charge in [0, 0.05) is 12.2 Å². The van der Waals surface area contributed by atoms with Crippen molar-refractivity contribution >= 4 is 6.08 Å². The van der Waals surface area contributed by atoms with Gasteiger partial charge in [-0.3, -0.25) is 0 Å². The molecule has 1 radical (unpaired) electrons. The first-order valence-electron chi connectivity index (χ1n) is 4.67. The number of nitrogens with zero attached hydrogens (tertiary/aromatic N) is 1. The number of hydrogen-bond acceptors (Lipinski definition) is 1. The van der Waals surface area contributed by atoms with Crippen LogP contribution in [0.1, 0.15) is 25.0 Å². The van der Waals surface area contributed by atoms with Gasteiger partial charge in [-0.05, 0) is 31.1 Å². The van der Waals surface area contributed by atoms with Gasteiger partial charge in [0.15, 0.2) is 0 Å². The highest BCUT2D eigenvalue weighted by Gasteiger charge is 2.11. The molecule has 0 spiro atoms. The average molecular weight is 172 g/mol. The first-order valence-corrected chi connectivity index (χ1v) is 4.67. The third kappa shape index (κ3) is 1.59. The summed E-state index contributed by atoms with van der Waals surface area (Å²) in [7, 11) is 0. The number of rotatable bonds is 1. The van der Waals surface area contributed by atoms with E-state index < -0.39 is 0 Å². The van der Waals surface area contributed by atoms with Crippen LogP contribution in [0.2, 0.25) is 0 Å². The smallest absolute Gasteiger partial charge is 0.0791 e. The minimum Gasteiger partial charge on any atom is -0.366 e. The lowest BCUT2D eigenvalue weighted by molar-refractivity contribution is 0.384. The van der Waals surface area contributed by atoms with Gasteiger partial charge in [-0.25, -0.2) is 0 Å². The molecule has 1 aliphatic heterocycles. The van der Waals surface area contributed by atoms with Crippen molar-refractivity contribution in [3.05, 3.63) is 48.1 Å². The molecule has 0 atom stereocenters. The molecule has 1 aliphatic rings. The third-order valence-corrected chi connectivity index (χ3v) is 2.31. The molecule has 1 heteroatoms. The Morgan fingerprint density at radius 2 is 1.77 bits per heavy atom. The summed E-state index contributed by atoms with van der Waals surface area (Å²) < 4.78 is 0. The summed E-state index contributed by atoms with van der Waals surface area (Å²) in [5, 5.41) is 0.